The molecular weight excluding hydrogens is 248 g/mol. The summed E-state index contributed by atoms with van der Waals surface area (Å²) in [5.74, 6) is -0.975. The molecule has 0 saturated heterocycles. The highest BCUT2D eigenvalue weighted by Gasteiger charge is 2.12. The largest absolute Gasteiger partial charge is 0.465 e. The molecule has 0 aliphatic heterocycles. The molecule has 1 aromatic heterocycles. The number of nitrogens with zero attached hydrogens (tertiary/aromatic N) is 2. The van der Waals surface area contributed by atoms with Crippen molar-refractivity contribution in [1.82, 2.24) is 4.57 Å². The second kappa shape index (κ2) is 5.40. The summed E-state index contributed by atoms with van der Waals surface area (Å²) in [5, 5.41) is 8.49. The second-order valence-electron chi connectivity index (χ2n) is 3.96. The first kappa shape index (κ1) is 12.9. The maximum atomic E-state index is 11.7. The van der Waals surface area contributed by atoms with Crippen molar-refractivity contribution in [2.24, 2.45) is 0 Å². The van der Waals surface area contributed by atoms with Crippen LogP contribution < -0.4 is 5.76 Å². The molecule has 0 fully saturated rings. The van der Waals surface area contributed by atoms with Crippen molar-refractivity contribution in [2.45, 2.75) is 19.4 Å². The molecule has 0 aliphatic carbocycles. The van der Waals surface area contributed by atoms with Gasteiger partial charge < -0.3 is 9.15 Å². The number of rotatable bonds is 4. The number of aromatic nitrogens is 1. The maximum Gasteiger partial charge on any atom is 0.419 e. The molecule has 19 heavy (non-hydrogen) atoms. The molecule has 0 spiro atoms. The number of unbranched alkanes of at least 4 members (excludes halogenated alkanes) is 1. The zero-order valence-corrected chi connectivity index (χ0v) is 10.4. The molecular formula is C13H12N2O4. The topological polar surface area (TPSA) is 85.2 Å². The number of hydrogen-bond acceptors (Lipinski definition) is 5. The van der Waals surface area contributed by atoms with Crippen molar-refractivity contribution in [3.05, 3.63) is 34.3 Å². The van der Waals surface area contributed by atoms with Gasteiger partial charge in [-0.1, -0.05) is 0 Å². The monoisotopic (exact) mass is 260 g/mol. The Bertz CT molecular complexity index is 705. The van der Waals surface area contributed by atoms with Crippen LogP contribution in [0.3, 0.4) is 0 Å². The Balaban J connectivity index is 2.40. The van der Waals surface area contributed by atoms with Gasteiger partial charge in [0.25, 0.3) is 0 Å². The van der Waals surface area contributed by atoms with Crippen LogP contribution in [0.1, 0.15) is 23.2 Å². The Morgan fingerprint density at radius 3 is 3.00 bits per heavy atom. The molecule has 0 radical (unpaired) electrons. The minimum atomic E-state index is -0.491. The van der Waals surface area contributed by atoms with Crippen molar-refractivity contribution < 1.29 is 13.9 Å². The number of nitriles is 1. The molecule has 1 heterocycles. The van der Waals surface area contributed by atoms with Gasteiger partial charge in [-0.15, -0.1) is 0 Å². The fourth-order valence-electron chi connectivity index (χ4n) is 1.84. The number of carbonyl (C=O) groups is 1. The molecule has 0 atom stereocenters. The fourth-order valence-corrected chi connectivity index (χ4v) is 1.84. The third-order valence-corrected chi connectivity index (χ3v) is 2.76. The minimum Gasteiger partial charge on any atom is -0.465 e. The maximum absolute atomic E-state index is 11.7. The van der Waals surface area contributed by atoms with Gasteiger partial charge in [-0.3, -0.25) is 4.57 Å². The Morgan fingerprint density at radius 2 is 2.32 bits per heavy atom. The Hall–Kier alpha value is -2.55. The van der Waals surface area contributed by atoms with Gasteiger partial charge in [-0.05, 0) is 24.6 Å². The minimum absolute atomic E-state index is 0.327. The van der Waals surface area contributed by atoms with Gasteiger partial charge in [0.15, 0.2) is 5.58 Å². The van der Waals surface area contributed by atoms with Crippen molar-refractivity contribution in [3.8, 4) is 6.07 Å². The number of benzene rings is 1. The van der Waals surface area contributed by atoms with Gasteiger partial charge in [-0.25, -0.2) is 9.59 Å². The van der Waals surface area contributed by atoms with Crippen LogP contribution in [0.4, 0.5) is 0 Å². The highest BCUT2D eigenvalue weighted by atomic mass is 16.5. The first-order valence-electron chi connectivity index (χ1n) is 5.76. The van der Waals surface area contributed by atoms with Crippen LogP contribution in [0.25, 0.3) is 11.1 Å². The predicted molar refractivity (Wildman–Crippen MR) is 66.7 cm³/mol. The van der Waals surface area contributed by atoms with E-state index in [2.05, 4.69) is 4.74 Å². The Morgan fingerprint density at radius 1 is 1.53 bits per heavy atom. The number of methoxy groups -OCH3 is 1. The van der Waals surface area contributed by atoms with Gasteiger partial charge in [0.05, 0.1) is 24.3 Å². The zero-order valence-electron chi connectivity index (χ0n) is 10.4. The van der Waals surface area contributed by atoms with Crippen molar-refractivity contribution in [1.29, 1.82) is 5.26 Å². The van der Waals surface area contributed by atoms with Crippen molar-refractivity contribution in [3.63, 3.8) is 0 Å². The van der Waals surface area contributed by atoms with E-state index in [1.54, 1.807) is 12.1 Å². The highest BCUT2D eigenvalue weighted by molar-refractivity contribution is 5.93. The summed E-state index contributed by atoms with van der Waals surface area (Å²) >= 11 is 0. The molecule has 0 aliphatic rings. The SMILES string of the molecule is COC(=O)c1ccc2c(c1)oc(=O)n2CCCC#N. The lowest BCUT2D eigenvalue weighted by atomic mass is 10.2. The molecule has 0 N–H and O–H groups in total. The number of fused-ring (bicyclic) bond motifs is 1. The fraction of sp³-hybridized carbons (Fsp3) is 0.308. The van der Waals surface area contributed by atoms with E-state index in [-0.39, 0.29) is 0 Å². The molecule has 6 heteroatoms. The van der Waals surface area contributed by atoms with Crippen LogP contribution in [0.15, 0.2) is 27.4 Å². The molecule has 0 saturated carbocycles. The molecule has 0 amide bonds. The van der Waals surface area contributed by atoms with Crippen LogP contribution in [0.2, 0.25) is 0 Å². The number of ether oxygens (including phenoxy) is 1. The number of esters is 1. The van der Waals surface area contributed by atoms with Crippen LogP contribution in [0, 0.1) is 11.3 Å². The molecule has 0 bridgehead atoms. The smallest absolute Gasteiger partial charge is 0.419 e. The third kappa shape index (κ3) is 2.50. The van der Waals surface area contributed by atoms with Crippen LogP contribution in [-0.4, -0.2) is 17.6 Å². The zero-order chi connectivity index (χ0) is 13.8. The van der Waals surface area contributed by atoms with Crippen molar-refractivity contribution >= 4 is 17.1 Å². The summed E-state index contributed by atoms with van der Waals surface area (Å²) in [5.41, 5.74) is 1.27. The number of oxazole rings is 1. The van der Waals surface area contributed by atoms with Gasteiger partial charge in [0, 0.05) is 13.0 Å². The van der Waals surface area contributed by atoms with E-state index in [1.807, 2.05) is 6.07 Å². The van der Waals surface area contributed by atoms with Gasteiger partial charge in [-0.2, -0.15) is 5.26 Å². The lowest BCUT2D eigenvalue weighted by Crippen LogP contribution is -2.13. The average molecular weight is 260 g/mol. The summed E-state index contributed by atoms with van der Waals surface area (Å²) < 4.78 is 11.1. The van der Waals surface area contributed by atoms with Gasteiger partial charge in [0.2, 0.25) is 0 Å². The summed E-state index contributed by atoms with van der Waals surface area (Å²) in [6.45, 7) is 0.414. The average Bonchev–Trinajstić information content (AvgIpc) is 2.73. The Kier molecular flexibility index (Phi) is 3.66. The lowest BCUT2D eigenvalue weighted by molar-refractivity contribution is 0.0601. The summed E-state index contributed by atoms with van der Waals surface area (Å²) in [4.78, 5) is 23.1. The number of hydrogen-bond donors (Lipinski definition) is 0. The highest BCUT2D eigenvalue weighted by Crippen LogP contribution is 2.16. The van der Waals surface area contributed by atoms with E-state index in [0.717, 1.165) is 0 Å². The van der Waals surface area contributed by atoms with Crippen LogP contribution in [-0.2, 0) is 11.3 Å². The predicted octanol–water partition coefficient (Wildman–Crippen LogP) is 1.68. The Labute approximate surface area is 108 Å². The molecule has 0 unspecified atom stereocenters. The second-order valence-corrected chi connectivity index (χ2v) is 3.96. The van der Waals surface area contributed by atoms with E-state index < -0.39 is 11.7 Å². The first-order chi connectivity index (χ1) is 9.17. The van der Waals surface area contributed by atoms with E-state index in [9.17, 15) is 9.59 Å². The number of carbonyl (C=O) groups excluding carboxylic acids is 1. The van der Waals surface area contributed by atoms with E-state index >= 15 is 0 Å². The van der Waals surface area contributed by atoms with Crippen LogP contribution in [0.5, 0.6) is 0 Å². The lowest BCUT2D eigenvalue weighted by Gasteiger charge is -2.01. The van der Waals surface area contributed by atoms with E-state index in [1.165, 1.54) is 17.7 Å². The third-order valence-electron chi connectivity index (χ3n) is 2.76. The summed E-state index contributed by atoms with van der Waals surface area (Å²) in [6.07, 6.45) is 0.948. The van der Waals surface area contributed by atoms with E-state index in [0.29, 0.717) is 36.0 Å². The number of aryl methyl sites for hydroxylation is 1. The van der Waals surface area contributed by atoms with Gasteiger partial charge >= 0.3 is 11.7 Å². The summed E-state index contributed by atoms with van der Waals surface area (Å²) in [7, 11) is 1.29. The first-order valence-corrected chi connectivity index (χ1v) is 5.76. The quantitative estimate of drug-likeness (QED) is 0.616. The van der Waals surface area contributed by atoms with E-state index in [4.69, 9.17) is 9.68 Å². The van der Waals surface area contributed by atoms with Crippen molar-refractivity contribution in [2.75, 3.05) is 7.11 Å². The molecule has 6 nitrogen and oxygen atoms in total. The van der Waals surface area contributed by atoms with Crippen LogP contribution >= 0.6 is 0 Å². The normalized spacial score (nSPS) is 10.3. The standard InChI is InChI=1S/C13H12N2O4/c1-18-12(16)9-4-5-10-11(8-9)19-13(17)15(10)7-3-2-6-14/h4-5,8H,2-3,7H2,1H3. The molecule has 98 valence electrons. The molecule has 1 aromatic carbocycles. The van der Waals surface area contributed by atoms with Gasteiger partial charge in [0.1, 0.15) is 0 Å². The molecule has 2 rings (SSSR count). The summed E-state index contributed by atoms with van der Waals surface area (Å²) in [6, 6.07) is 6.71. The molecule has 2 aromatic rings.